The van der Waals surface area contributed by atoms with Crippen LogP contribution in [-0.2, 0) is 9.47 Å². The number of hydrogen-bond donors (Lipinski definition) is 0. The first-order valence-corrected chi connectivity index (χ1v) is 7.96. The zero-order chi connectivity index (χ0) is 16.7. The lowest BCUT2D eigenvalue weighted by molar-refractivity contribution is -0.0611. The summed E-state index contributed by atoms with van der Waals surface area (Å²) < 4.78 is 22.3. The van der Waals surface area contributed by atoms with Crippen LogP contribution in [0.1, 0.15) is 20.8 Å². The zero-order valence-electron chi connectivity index (χ0n) is 13.9. The van der Waals surface area contributed by atoms with Crippen molar-refractivity contribution in [3.8, 4) is 11.5 Å². The Hall–Kier alpha value is -2.04. The van der Waals surface area contributed by atoms with Crippen LogP contribution in [0.3, 0.4) is 0 Å². The van der Waals surface area contributed by atoms with E-state index in [0.717, 1.165) is 18.8 Å². The van der Waals surface area contributed by atoms with Crippen LogP contribution in [-0.4, -0.2) is 45.8 Å². The van der Waals surface area contributed by atoms with Gasteiger partial charge in [0.2, 0.25) is 11.1 Å². The van der Waals surface area contributed by atoms with Crippen LogP contribution < -0.4 is 14.4 Å². The molecule has 1 fully saturated rings. The number of anilines is 1. The van der Waals surface area contributed by atoms with E-state index >= 15 is 0 Å². The maximum absolute atomic E-state index is 9.23. The lowest BCUT2D eigenvalue weighted by atomic mass is 10.2. The Morgan fingerprint density at radius 3 is 2.57 bits per heavy atom. The molecule has 1 heterocycles. The van der Waals surface area contributed by atoms with Crippen LogP contribution in [0.15, 0.2) is 12.1 Å². The van der Waals surface area contributed by atoms with Crippen molar-refractivity contribution in [2.75, 3.05) is 44.4 Å². The highest BCUT2D eigenvalue weighted by atomic mass is 16.7. The summed E-state index contributed by atoms with van der Waals surface area (Å²) in [4.78, 5) is 5.47. The molecule has 1 unspecified atom stereocenters. The Bertz CT molecular complexity index is 553. The molecule has 2 rings (SSSR count). The highest BCUT2D eigenvalue weighted by Gasteiger charge is 2.25. The minimum atomic E-state index is -0.399. The Labute approximate surface area is 136 Å². The molecule has 7 nitrogen and oxygen atoms in total. The molecule has 1 aliphatic heterocycles. The first-order valence-electron chi connectivity index (χ1n) is 7.96. The molecule has 0 aliphatic carbocycles. The molecule has 7 heteroatoms. The number of diazo groups is 1. The molecule has 1 saturated heterocycles. The fraction of sp³-hybridized carbons (Fsp3) is 0.625. The number of hydrogen-bond acceptors (Lipinski definition) is 6. The van der Waals surface area contributed by atoms with Crippen LogP contribution in [0.25, 0.3) is 4.98 Å². The van der Waals surface area contributed by atoms with Gasteiger partial charge >= 0.3 is 5.69 Å². The molecule has 0 spiro atoms. The maximum Gasteiger partial charge on any atom is 0.430 e. The third kappa shape index (κ3) is 4.47. The molecule has 1 aromatic rings. The van der Waals surface area contributed by atoms with Crippen LogP contribution in [0.4, 0.5) is 11.4 Å². The lowest BCUT2D eigenvalue weighted by Gasteiger charge is -2.30. The largest absolute Gasteiger partial charge is 0.486 e. The van der Waals surface area contributed by atoms with Gasteiger partial charge in [-0.25, -0.2) is 0 Å². The van der Waals surface area contributed by atoms with Gasteiger partial charge in [-0.1, -0.05) is 0 Å². The summed E-state index contributed by atoms with van der Waals surface area (Å²) in [7, 11) is 0. The van der Waals surface area contributed by atoms with Crippen LogP contribution in [0, 0.1) is 5.39 Å². The van der Waals surface area contributed by atoms with E-state index < -0.39 is 6.29 Å². The number of benzene rings is 1. The maximum atomic E-state index is 9.23. The van der Waals surface area contributed by atoms with Gasteiger partial charge in [0, 0.05) is 25.8 Å². The SMILES string of the molecule is CCOc1cc(N2CCOCC2)c(OC(C)OCC)cc1[N+]#N. The summed E-state index contributed by atoms with van der Waals surface area (Å²) in [6.07, 6.45) is -0.399. The summed E-state index contributed by atoms with van der Waals surface area (Å²) in [6, 6.07) is 3.52. The highest BCUT2D eigenvalue weighted by Crippen LogP contribution is 2.41. The van der Waals surface area contributed by atoms with Crippen LogP contribution in [0.5, 0.6) is 11.5 Å². The molecule has 23 heavy (non-hydrogen) atoms. The van der Waals surface area contributed by atoms with E-state index in [9.17, 15) is 5.39 Å². The second kappa shape index (κ2) is 8.56. The van der Waals surface area contributed by atoms with Gasteiger partial charge in [-0.3, -0.25) is 0 Å². The molecule has 0 N–H and O–H groups in total. The summed E-state index contributed by atoms with van der Waals surface area (Å²) >= 11 is 0. The smallest absolute Gasteiger partial charge is 0.430 e. The minimum Gasteiger partial charge on any atom is -0.486 e. The highest BCUT2D eigenvalue weighted by molar-refractivity contribution is 5.72. The molecule has 0 amide bonds. The molecule has 0 radical (unpaired) electrons. The third-order valence-electron chi connectivity index (χ3n) is 3.49. The average molecular weight is 322 g/mol. The summed E-state index contributed by atoms with van der Waals surface area (Å²) in [6.45, 7) is 9.53. The Morgan fingerprint density at radius 2 is 1.96 bits per heavy atom. The monoisotopic (exact) mass is 322 g/mol. The van der Waals surface area contributed by atoms with E-state index in [4.69, 9.17) is 18.9 Å². The van der Waals surface area contributed by atoms with E-state index in [1.807, 2.05) is 26.8 Å². The fourth-order valence-corrected chi connectivity index (χ4v) is 2.48. The van der Waals surface area contributed by atoms with Crippen LogP contribution in [0.2, 0.25) is 0 Å². The minimum absolute atomic E-state index is 0.336. The second-order valence-electron chi connectivity index (χ2n) is 5.06. The normalized spacial score (nSPS) is 15.8. The summed E-state index contributed by atoms with van der Waals surface area (Å²) in [5.74, 6) is 1.12. The first-order chi connectivity index (χ1) is 11.2. The van der Waals surface area contributed by atoms with Crippen molar-refractivity contribution in [2.45, 2.75) is 27.1 Å². The van der Waals surface area contributed by atoms with Gasteiger partial charge in [0.25, 0.3) is 0 Å². The van der Waals surface area contributed by atoms with Crippen molar-refractivity contribution in [3.63, 3.8) is 0 Å². The number of rotatable bonds is 7. The summed E-state index contributed by atoms with van der Waals surface area (Å²) in [5, 5.41) is 9.23. The van der Waals surface area contributed by atoms with Gasteiger partial charge < -0.3 is 23.8 Å². The third-order valence-corrected chi connectivity index (χ3v) is 3.49. The van der Waals surface area contributed by atoms with Crippen molar-refractivity contribution in [3.05, 3.63) is 17.1 Å². The molecule has 0 saturated carbocycles. The van der Waals surface area contributed by atoms with Gasteiger partial charge in [0.05, 0.1) is 31.6 Å². The molecule has 1 atom stereocenters. The van der Waals surface area contributed by atoms with Gasteiger partial charge in [-0.15, -0.1) is 0 Å². The lowest BCUT2D eigenvalue weighted by Crippen LogP contribution is -2.36. The van der Waals surface area contributed by atoms with Gasteiger partial charge in [-0.2, -0.15) is 0 Å². The van der Waals surface area contributed by atoms with Crippen molar-refractivity contribution in [2.24, 2.45) is 0 Å². The molecule has 126 valence electrons. The first kappa shape index (κ1) is 17.3. The average Bonchev–Trinajstić information content (AvgIpc) is 2.57. The molecular formula is C16H24N3O4+. The van der Waals surface area contributed by atoms with Crippen LogP contribution >= 0.6 is 0 Å². The van der Waals surface area contributed by atoms with Crippen molar-refractivity contribution >= 4 is 11.4 Å². The topological polar surface area (TPSA) is 68.3 Å². The van der Waals surface area contributed by atoms with E-state index in [2.05, 4.69) is 9.88 Å². The van der Waals surface area contributed by atoms with Gasteiger partial charge in [0.1, 0.15) is 0 Å². The fourth-order valence-electron chi connectivity index (χ4n) is 2.48. The predicted octanol–water partition coefficient (Wildman–Crippen LogP) is 3.17. The standard InChI is InChI=1S/C16H24N3O4/c1-4-21-12(3)23-16-10-13(18-17)15(22-5-2)11-14(16)19-6-8-20-9-7-19/h10-12H,4-9H2,1-3H3/q+1. The molecule has 1 aromatic carbocycles. The molecule has 1 aliphatic rings. The molecule has 0 bridgehead atoms. The Balaban J connectivity index is 2.37. The zero-order valence-corrected chi connectivity index (χ0v) is 13.9. The second-order valence-corrected chi connectivity index (χ2v) is 5.06. The van der Waals surface area contributed by atoms with Crippen molar-refractivity contribution in [1.29, 1.82) is 5.39 Å². The predicted molar refractivity (Wildman–Crippen MR) is 87.1 cm³/mol. The molecular weight excluding hydrogens is 298 g/mol. The Morgan fingerprint density at radius 1 is 1.22 bits per heavy atom. The van der Waals surface area contributed by atoms with Gasteiger partial charge in [0.15, 0.2) is 17.0 Å². The number of morpholine rings is 1. The summed E-state index contributed by atoms with van der Waals surface area (Å²) in [5.41, 5.74) is 1.22. The van der Waals surface area contributed by atoms with E-state index in [1.165, 1.54) is 0 Å². The van der Waals surface area contributed by atoms with E-state index in [1.54, 1.807) is 6.07 Å². The number of ether oxygens (including phenoxy) is 4. The van der Waals surface area contributed by atoms with Gasteiger partial charge in [-0.05, 0) is 20.8 Å². The quantitative estimate of drug-likeness (QED) is 0.567. The number of nitrogens with zero attached hydrogens (tertiary/aromatic N) is 3. The van der Waals surface area contributed by atoms with E-state index in [0.29, 0.717) is 43.6 Å². The van der Waals surface area contributed by atoms with Crippen molar-refractivity contribution in [1.82, 2.24) is 0 Å². The molecule has 0 aromatic heterocycles. The Kier molecular flexibility index (Phi) is 6.44. The van der Waals surface area contributed by atoms with Crippen molar-refractivity contribution < 1.29 is 18.9 Å². The van der Waals surface area contributed by atoms with E-state index in [-0.39, 0.29) is 0 Å².